The molecule has 1 aliphatic carbocycles. The molecule has 1 aliphatic rings. The number of carbonyl (C=O) groups excluding carboxylic acids is 1. The predicted molar refractivity (Wildman–Crippen MR) is 58.0 cm³/mol. The maximum Gasteiger partial charge on any atom is 0.320 e. The number of nitrogens with one attached hydrogen (secondary N) is 1. The average molecular weight is 229 g/mol. The summed E-state index contributed by atoms with van der Waals surface area (Å²) in [6.45, 7) is 2.71. The zero-order valence-corrected chi connectivity index (χ0v) is 9.57. The van der Waals surface area contributed by atoms with Crippen molar-refractivity contribution in [2.75, 3.05) is 13.2 Å². The van der Waals surface area contributed by atoms with Gasteiger partial charge in [0.25, 0.3) is 0 Å². The Balaban J connectivity index is 2.09. The van der Waals surface area contributed by atoms with Crippen molar-refractivity contribution in [1.82, 2.24) is 5.32 Å². The summed E-state index contributed by atoms with van der Waals surface area (Å²) in [5.41, 5.74) is 0. The minimum Gasteiger partial charge on any atom is -0.480 e. The summed E-state index contributed by atoms with van der Waals surface area (Å²) >= 11 is 0. The van der Waals surface area contributed by atoms with Crippen molar-refractivity contribution in [3.05, 3.63) is 0 Å². The fourth-order valence-corrected chi connectivity index (χ4v) is 1.61. The highest BCUT2D eigenvalue weighted by atomic mass is 16.5. The number of carboxylic acid groups (broad SMARTS) is 1. The predicted octanol–water partition coefficient (Wildman–Crippen LogP) is 0.782. The van der Waals surface area contributed by atoms with Crippen molar-refractivity contribution in [2.45, 2.75) is 38.6 Å². The first-order chi connectivity index (χ1) is 7.65. The molecule has 0 aromatic carbocycles. The van der Waals surface area contributed by atoms with E-state index in [4.69, 9.17) is 9.84 Å². The molecule has 0 aromatic heterocycles. The molecule has 1 rings (SSSR count). The monoisotopic (exact) mass is 229 g/mol. The lowest BCUT2D eigenvalue weighted by atomic mass is 10.2. The van der Waals surface area contributed by atoms with E-state index in [2.05, 4.69) is 5.32 Å². The number of carbonyl (C=O) groups is 2. The van der Waals surface area contributed by atoms with E-state index in [9.17, 15) is 9.59 Å². The summed E-state index contributed by atoms with van der Waals surface area (Å²) in [6.07, 6.45) is 2.94. The molecular weight excluding hydrogens is 210 g/mol. The van der Waals surface area contributed by atoms with Crippen molar-refractivity contribution >= 4 is 11.9 Å². The molecule has 0 saturated heterocycles. The molecular formula is C11H19NO4. The minimum absolute atomic E-state index is 0.220. The van der Waals surface area contributed by atoms with Crippen molar-refractivity contribution in [3.8, 4) is 0 Å². The summed E-state index contributed by atoms with van der Waals surface area (Å²) in [7, 11) is 0. The van der Waals surface area contributed by atoms with E-state index in [0.29, 0.717) is 26.0 Å². The van der Waals surface area contributed by atoms with Gasteiger partial charge in [0, 0.05) is 6.42 Å². The second-order valence-corrected chi connectivity index (χ2v) is 4.02. The second kappa shape index (κ2) is 6.48. The maximum atomic E-state index is 11.0. The van der Waals surface area contributed by atoms with E-state index in [1.54, 1.807) is 6.92 Å². The van der Waals surface area contributed by atoms with Gasteiger partial charge in [-0.15, -0.1) is 0 Å². The summed E-state index contributed by atoms with van der Waals surface area (Å²) < 4.78 is 4.77. The van der Waals surface area contributed by atoms with Crippen molar-refractivity contribution < 1.29 is 19.4 Å². The van der Waals surface area contributed by atoms with Crippen LogP contribution in [0.2, 0.25) is 0 Å². The van der Waals surface area contributed by atoms with Crippen LogP contribution in [-0.2, 0) is 14.3 Å². The zero-order chi connectivity index (χ0) is 12.0. The van der Waals surface area contributed by atoms with Crippen LogP contribution in [0.25, 0.3) is 0 Å². The lowest BCUT2D eigenvalue weighted by molar-refractivity contribution is -0.143. The molecule has 1 saturated carbocycles. The molecule has 1 unspecified atom stereocenters. The molecule has 0 radical (unpaired) electrons. The maximum absolute atomic E-state index is 11.0. The number of ether oxygens (including phenoxy) is 1. The van der Waals surface area contributed by atoms with Crippen LogP contribution < -0.4 is 5.32 Å². The van der Waals surface area contributed by atoms with Crippen LogP contribution in [0, 0.1) is 5.92 Å². The van der Waals surface area contributed by atoms with Crippen LogP contribution >= 0.6 is 0 Å². The smallest absolute Gasteiger partial charge is 0.320 e. The highest BCUT2D eigenvalue weighted by Gasteiger charge is 2.35. The summed E-state index contributed by atoms with van der Waals surface area (Å²) in [5.74, 6) is -0.735. The van der Waals surface area contributed by atoms with Crippen LogP contribution in [0.15, 0.2) is 0 Å². The first-order valence-corrected chi connectivity index (χ1v) is 5.77. The van der Waals surface area contributed by atoms with Gasteiger partial charge >= 0.3 is 11.9 Å². The fraction of sp³-hybridized carbons (Fsp3) is 0.818. The van der Waals surface area contributed by atoms with Crippen LogP contribution in [0.4, 0.5) is 0 Å². The largest absolute Gasteiger partial charge is 0.480 e. The molecule has 0 aromatic rings. The normalized spacial score (nSPS) is 16.8. The van der Waals surface area contributed by atoms with E-state index in [1.165, 1.54) is 0 Å². The lowest BCUT2D eigenvalue weighted by Gasteiger charge is -2.12. The number of hydrogen-bond donors (Lipinski definition) is 2. The molecule has 5 nitrogen and oxygen atoms in total. The van der Waals surface area contributed by atoms with E-state index in [1.807, 2.05) is 0 Å². The van der Waals surface area contributed by atoms with E-state index >= 15 is 0 Å². The van der Waals surface area contributed by atoms with E-state index in [0.717, 1.165) is 12.8 Å². The second-order valence-electron chi connectivity index (χ2n) is 4.02. The van der Waals surface area contributed by atoms with Crippen LogP contribution in [0.5, 0.6) is 0 Å². The van der Waals surface area contributed by atoms with Gasteiger partial charge in [0.05, 0.1) is 6.61 Å². The number of hydrogen-bond acceptors (Lipinski definition) is 4. The van der Waals surface area contributed by atoms with E-state index < -0.39 is 12.0 Å². The average Bonchev–Trinajstić information content (AvgIpc) is 3.01. The number of rotatable bonds is 8. The Hall–Kier alpha value is -1.10. The molecule has 0 aliphatic heterocycles. The SMILES string of the molecule is CCOC(=O)CCCNC(C(=O)O)C1CC1. The van der Waals surface area contributed by atoms with Crippen molar-refractivity contribution in [1.29, 1.82) is 0 Å². The number of carboxylic acids is 1. The highest BCUT2D eigenvalue weighted by molar-refractivity contribution is 5.74. The van der Waals surface area contributed by atoms with Crippen LogP contribution in [0.3, 0.4) is 0 Å². The molecule has 0 heterocycles. The van der Waals surface area contributed by atoms with Gasteiger partial charge in [-0.05, 0) is 38.6 Å². The Morgan fingerprint density at radius 3 is 2.69 bits per heavy atom. The number of esters is 1. The summed E-state index contributed by atoms with van der Waals surface area (Å²) in [6, 6.07) is -0.442. The Morgan fingerprint density at radius 1 is 1.50 bits per heavy atom. The van der Waals surface area contributed by atoms with Crippen molar-refractivity contribution in [2.24, 2.45) is 5.92 Å². The van der Waals surface area contributed by atoms with Gasteiger partial charge in [-0.1, -0.05) is 0 Å². The Bertz CT molecular complexity index is 250. The Morgan fingerprint density at radius 2 is 2.19 bits per heavy atom. The first-order valence-electron chi connectivity index (χ1n) is 5.77. The Kier molecular flexibility index (Phi) is 5.25. The van der Waals surface area contributed by atoms with Gasteiger partial charge in [0.15, 0.2) is 0 Å². The molecule has 0 spiro atoms. The van der Waals surface area contributed by atoms with Gasteiger partial charge in [-0.3, -0.25) is 9.59 Å². The fourth-order valence-electron chi connectivity index (χ4n) is 1.61. The van der Waals surface area contributed by atoms with Gasteiger partial charge in [-0.25, -0.2) is 0 Å². The van der Waals surface area contributed by atoms with Gasteiger partial charge in [0.1, 0.15) is 6.04 Å². The quantitative estimate of drug-likeness (QED) is 0.475. The third kappa shape index (κ3) is 4.61. The lowest BCUT2D eigenvalue weighted by Crippen LogP contribution is -2.39. The van der Waals surface area contributed by atoms with Gasteiger partial charge in [0.2, 0.25) is 0 Å². The number of aliphatic carboxylic acids is 1. The van der Waals surface area contributed by atoms with Crippen LogP contribution in [0.1, 0.15) is 32.6 Å². The standard InChI is InChI=1S/C11H19NO4/c1-2-16-9(13)4-3-7-12-10(11(14)15)8-5-6-8/h8,10,12H,2-7H2,1H3,(H,14,15). The van der Waals surface area contributed by atoms with Crippen molar-refractivity contribution in [3.63, 3.8) is 0 Å². The van der Waals surface area contributed by atoms with E-state index in [-0.39, 0.29) is 11.9 Å². The third-order valence-electron chi connectivity index (χ3n) is 2.59. The molecule has 92 valence electrons. The molecule has 1 fully saturated rings. The molecule has 2 N–H and O–H groups in total. The minimum atomic E-state index is -0.793. The summed E-state index contributed by atoms with van der Waals surface area (Å²) in [4.78, 5) is 21.9. The van der Waals surface area contributed by atoms with Gasteiger partial charge < -0.3 is 15.2 Å². The van der Waals surface area contributed by atoms with Crippen LogP contribution in [-0.4, -0.2) is 36.2 Å². The molecule has 1 atom stereocenters. The molecule has 0 bridgehead atoms. The molecule has 16 heavy (non-hydrogen) atoms. The third-order valence-corrected chi connectivity index (χ3v) is 2.59. The summed E-state index contributed by atoms with van der Waals surface area (Å²) in [5, 5.41) is 11.9. The topological polar surface area (TPSA) is 75.6 Å². The zero-order valence-electron chi connectivity index (χ0n) is 9.57. The Labute approximate surface area is 95.2 Å². The van der Waals surface area contributed by atoms with Gasteiger partial charge in [-0.2, -0.15) is 0 Å². The highest BCUT2D eigenvalue weighted by Crippen LogP contribution is 2.32. The molecule has 5 heteroatoms. The first kappa shape index (κ1) is 13.0. The molecule has 0 amide bonds.